The first-order valence-corrected chi connectivity index (χ1v) is 7.35. The van der Waals surface area contributed by atoms with Crippen LogP contribution in [-0.2, 0) is 11.3 Å². The van der Waals surface area contributed by atoms with Crippen LogP contribution in [0.15, 0.2) is 29.6 Å². The van der Waals surface area contributed by atoms with E-state index in [1.807, 2.05) is 6.07 Å². The fraction of sp³-hybridized carbons (Fsp3) is 0.250. The molecule has 0 saturated heterocycles. The van der Waals surface area contributed by atoms with Gasteiger partial charge in [0, 0.05) is 22.9 Å². The number of amides is 1. The van der Waals surface area contributed by atoms with Crippen molar-refractivity contribution in [2.24, 2.45) is 5.11 Å². The van der Waals surface area contributed by atoms with Crippen LogP contribution in [0.1, 0.15) is 12.6 Å². The van der Waals surface area contributed by atoms with E-state index in [4.69, 9.17) is 5.53 Å². The first-order chi connectivity index (χ1) is 10.1. The molecule has 0 aliphatic rings. The number of pyridine rings is 1. The standard InChI is InChI=1S/C12H12N6OS2/c1-7(20)10(19)17-12-9(6-15-18-13)16-11(21-12)8-3-2-4-14-5-8/h2-5,7,20H,6H2,1H3,(H,17,19). The van der Waals surface area contributed by atoms with Gasteiger partial charge in [-0.05, 0) is 24.6 Å². The van der Waals surface area contributed by atoms with Crippen molar-refractivity contribution in [2.75, 3.05) is 5.32 Å². The molecule has 7 nitrogen and oxygen atoms in total. The van der Waals surface area contributed by atoms with Gasteiger partial charge in [0.05, 0.1) is 17.5 Å². The first kappa shape index (κ1) is 15.3. The third kappa shape index (κ3) is 3.94. The van der Waals surface area contributed by atoms with E-state index in [9.17, 15) is 4.79 Å². The third-order valence-corrected chi connectivity index (χ3v) is 3.80. The van der Waals surface area contributed by atoms with Gasteiger partial charge in [-0.3, -0.25) is 9.78 Å². The van der Waals surface area contributed by atoms with E-state index in [2.05, 4.69) is 37.9 Å². The Morgan fingerprint density at radius 1 is 1.67 bits per heavy atom. The van der Waals surface area contributed by atoms with E-state index in [0.717, 1.165) is 5.56 Å². The number of hydrogen-bond acceptors (Lipinski definition) is 6. The molecule has 1 unspecified atom stereocenters. The van der Waals surface area contributed by atoms with Gasteiger partial charge in [0.25, 0.3) is 0 Å². The summed E-state index contributed by atoms with van der Waals surface area (Å²) in [5.41, 5.74) is 9.80. The monoisotopic (exact) mass is 320 g/mol. The zero-order chi connectivity index (χ0) is 15.2. The summed E-state index contributed by atoms with van der Waals surface area (Å²) in [6, 6.07) is 3.67. The Balaban J connectivity index is 2.35. The topological polar surface area (TPSA) is 104 Å². The summed E-state index contributed by atoms with van der Waals surface area (Å²) in [6.07, 6.45) is 3.35. The van der Waals surface area contributed by atoms with E-state index < -0.39 is 5.25 Å². The van der Waals surface area contributed by atoms with Gasteiger partial charge in [-0.15, -0.1) is 0 Å². The Hall–Kier alpha value is -2.09. The number of azide groups is 1. The Kier molecular flexibility index (Phi) is 5.15. The molecule has 0 aromatic carbocycles. The molecule has 0 aliphatic heterocycles. The lowest BCUT2D eigenvalue weighted by atomic mass is 10.3. The van der Waals surface area contributed by atoms with Crippen molar-refractivity contribution in [3.05, 3.63) is 40.7 Å². The third-order valence-electron chi connectivity index (χ3n) is 2.51. The van der Waals surface area contributed by atoms with Gasteiger partial charge >= 0.3 is 0 Å². The number of thiazole rings is 1. The number of rotatable bonds is 5. The maximum atomic E-state index is 11.8. The number of hydrogen-bond donors (Lipinski definition) is 2. The summed E-state index contributed by atoms with van der Waals surface area (Å²) in [5.74, 6) is -0.234. The van der Waals surface area contributed by atoms with E-state index >= 15 is 0 Å². The van der Waals surface area contributed by atoms with Gasteiger partial charge < -0.3 is 5.32 Å². The number of carbonyl (C=O) groups excluding carboxylic acids is 1. The predicted octanol–water partition coefficient (Wildman–Crippen LogP) is 3.27. The SMILES string of the molecule is CC(S)C(=O)Nc1sc(-c2cccnc2)nc1CN=[N+]=[N-]. The predicted molar refractivity (Wildman–Crippen MR) is 85.3 cm³/mol. The van der Waals surface area contributed by atoms with E-state index in [0.29, 0.717) is 15.7 Å². The zero-order valence-electron chi connectivity index (χ0n) is 11.1. The van der Waals surface area contributed by atoms with Crippen LogP contribution < -0.4 is 5.32 Å². The maximum Gasteiger partial charge on any atom is 0.237 e. The Bertz CT molecular complexity index is 678. The van der Waals surface area contributed by atoms with Gasteiger partial charge in [0.2, 0.25) is 5.91 Å². The van der Waals surface area contributed by atoms with Crippen LogP contribution in [0.4, 0.5) is 5.00 Å². The Morgan fingerprint density at radius 2 is 2.48 bits per heavy atom. The minimum Gasteiger partial charge on any atom is -0.315 e. The van der Waals surface area contributed by atoms with E-state index in [-0.39, 0.29) is 12.5 Å². The van der Waals surface area contributed by atoms with Gasteiger partial charge in [-0.25, -0.2) is 4.98 Å². The summed E-state index contributed by atoms with van der Waals surface area (Å²) >= 11 is 5.39. The van der Waals surface area contributed by atoms with Crippen LogP contribution in [-0.4, -0.2) is 21.1 Å². The number of aromatic nitrogens is 2. The number of nitrogens with zero attached hydrogens (tertiary/aromatic N) is 5. The Labute approximate surface area is 130 Å². The molecule has 9 heteroatoms. The Morgan fingerprint density at radius 3 is 3.10 bits per heavy atom. The smallest absolute Gasteiger partial charge is 0.237 e. The highest BCUT2D eigenvalue weighted by atomic mass is 32.1. The molecule has 21 heavy (non-hydrogen) atoms. The number of carbonyl (C=O) groups is 1. The number of anilines is 1. The molecule has 0 spiro atoms. The van der Waals surface area contributed by atoms with Crippen molar-refractivity contribution in [1.29, 1.82) is 0 Å². The lowest BCUT2D eigenvalue weighted by Gasteiger charge is -2.05. The molecule has 0 bridgehead atoms. The fourth-order valence-electron chi connectivity index (χ4n) is 1.48. The lowest BCUT2D eigenvalue weighted by molar-refractivity contribution is -0.115. The molecule has 108 valence electrons. The molecule has 1 N–H and O–H groups in total. The molecule has 0 fully saturated rings. The average molecular weight is 320 g/mol. The van der Waals surface area contributed by atoms with Crippen molar-refractivity contribution in [2.45, 2.75) is 18.7 Å². The molecule has 0 saturated carbocycles. The van der Waals surface area contributed by atoms with Gasteiger partial charge in [0.1, 0.15) is 10.0 Å². The fourth-order valence-corrected chi connectivity index (χ4v) is 2.52. The molecule has 0 radical (unpaired) electrons. The number of thiol groups is 1. The first-order valence-electron chi connectivity index (χ1n) is 6.01. The quantitative estimate of drug-likeness (QED) is 0.382. The molecule has 2 rings (SSSR count). The van der Waals surface area contributed by atoms with Gasteiger partial charge in [-0.1, -0.05) is 16.5 Å². The molecule has 2 heterocycles. The number of nitrogens with one attached hydrogen (secondary N) is 1. The van der Waals surface area contributed by atoms with Crippen molar-refractivity contribution < 1.29 is 4.79 Å². The van der Waals surface area contributed by atoms with Crippen molar-refractivity contribution in [3.8, 4) is 10.6 Å². The van der Waals surface area contributed by atoms with E-state index in [1.54, 1.807) is 25.4 Å². The van der Waals surface area contributed by atoms with Crippen molar-refractivity contribution >= 4 is 34.9 Å². The van der Waals surface area contributed by atoms with E-state index in [1.165, 1.54) is 11.3 Å². The van der Waals surface area contributed by atoms with Crippen molar-refractivity contribution in [3.63, 3.8) is 0 Å². The highest BCUT2D eigenvalue weighted by Crippen LogP contribution is 2.32. The average Bonchev–Trinajstić information content (AvgIpc) is 2.89. The lowest BCUT2D eigenvalue weighted by Crippen LogP contribution is -2.20. The van der Waals surface area contributed by atoms with Gasteiger partial charge in [-0.2, -0.15) is 12.6 Å². The molecule has 0 aliphatic carbocycles. The molecule has 2 aromatic rings. The highest BCUT2D eigenvalue weighted by Gasteiger charge is 2.16. The maximum absolute atomic E-state index is 11.8. The minimum atomic E-state index is -0.443. The van der Waals surface area contributed by atoms with Crippen LogP contribution in [0.2, 0.25) is 0 Å². The van der Waals surface area contributed by atoms with Crippen LogP contribution in [0.25, 0.3) is 21.0 Å². The second-order valence-electron chi connectivity index (χ2n) is 4.09. The molecule has 1 atom stereocenters. The molecular formula is C12H12N6OS2. The summed E-state index contributed by atoms with van der Waals surface area (Å²) in [7, 11) is 0. The second kappa shape index (κ2) is 7.07. The zero-order valence-corrected chi connectivity index (χ0v) is 12.8. The summed E-state index contributed by atoms with van der Waals surface area (Å²) < 4.78 is 0. The van der Waals surface area contributed by atoms with Crippen LogP contribution in [0, 0.1) is 0 Å². The largest absolute Gasteiger partial charge is 0.315 e. The summed E-state index contributed by atoms with van der Waals surface area (Å²) in [5, 5.41) is 7.07. The van der Waals surface area contributed by atoms with Crippen molar-refractivity contribution in [1.82, 2.24) is 9.97 Å². The second-order valence-corrected chi connectivity index (χ2v) is 5.86. The van der Waals surface area contributed by atoms with Crippen LogP contribution in [0.5, 0.6) is 0 Å². The normalized spacial score (nSPS) is 11.5. The molecular weight excluding hydrogens is 308 g/mol. The minimum absolute atomic E-state index is 0.0732. The molecule has 1 amide bonds. The van der Waals surface area contributed by atoms with Crippen LogP contribution in [0.3, 0.4) is 0 Å². The van der Waals surface area contributed by atoms with Gasteiger partial charge in [0.15, 0.2) is 0 Å². The molecule has 2 aromatic heterocycles. The highest BCUT2D eigenvalue weighted by molar-refractivity contribution is 7.81. The summed E-state index contributed by atoms with van der Waals surface area (Å²) in [4.78, 5) is 22.9. The van der Waals surface area contributed by atoms with Crippen LogP contribution >= 0.6 is 24.0 Å². The summed E-state index contributed by atoms with van der Waals surface area (Å²) in [6.45, 7) is 1.75.